The van der Waals surface area contributed by atoms with Crippen molar-refractivity contribution in [3.05, 3.63) is 66.3 Å². The summed E-state index contributed by atoms with van der Waals surface area (Å²) in [4.78, 5) is 15.6. The Balaban J connectivity index is 2.47. The zero-order chi connectivity index (χ0) is 13.1. The van der Waals surface area contributed by atoms with Gasteiger partial charge in [0.15, 0.2) is 0 Å². The van der Waals surface area contributed by atoms with Gasteiger partial charge >= 0.3 is 5.97 Å². The van der Waals surface area contributed by atoms with Gasteiger partial charge in [-0.1, -0.05) is 18.7 Å². The maximum Gasteiger partial charge on any atom is 0.352 e. The summed E-state index contributed by atoms with van der Waals surface area (Å²) >= 11 is 0. The van der Waals surface area contributed by atoms with Crippen molar-refractivity contribution in [1.29, 1.82) is 0 Å². The monoisotopic (exact) mass is 242 g/mol. The van der Waals surface area contributed by atoms with E-state index in [1.807, 2.05) is 36.4 Å². The smallest absolute Gasteiger partial charge is 0.352 e. The third-order valence-electron chi connectivity index (χ3n) is 2.76. The van der Waals surface area contributed by atoms with E-state index in [9.17, 15) is 4.79 Å². The molecule has 1 aromatic heterocycles. The number of carbonyl (C=O) groups is 1. The molecule has 1 aliphatic heterocycles. The van der Waals surface area contributed by atoms with Crippen molar-refractivity contribution in [3.8, 4) is 0 Å². The first-order valence-corrected chi connectivity index (χ1v) is 5.50. The molecule has 0 aliphatic carbocycles. The molecule has 0 fully saturated rings. The third-order valence-corrected chi connectivity index (χ3v) is 2.76. The molecule has 0 saturated heterocycles. The van der Waals surface area contributed by atoms with E-state index in [-0.39, 0.29) is 5.69 Å². The lowest BCUT2D eigenvalue weighted by Gasteiger charge is -2.20. The Morgan fingerprint density at radius 2 is 2.28 bits per heavy atom. The first-order chi connectivity index (χ1) is 8.63. The maximum atomic E-state index is 10.9. The first-order valence-electron chi connectivity index (χ1n) is 5.50. The van der Waals surface area contributed by atoms with Crippen LogP contribution in [-0.4, -0.2) is 28.0 Å². The van der Waals surface area contributed by atoms with Gasteiger partial charge in [0, 0.05) is 36.3 Å². The molecule has 0 unspecified atom stereocenters. The normalized spacial score (nSPS) is 16.8. The van der Waals surface area contributed by atoms with Crippen LogP contribution in [0.5, 0.6) is 0 Å². The summed E-state index contributed by atoms with van der Waals surface area (Å²) < 4.78 is 0. The number of aromatic nitrogens is 1. The quantitative estimate of drug-likeness (QED) is 0.856. The number of aromatic carboxylic acids is 1. The highest BCUT2D eigenvalue weighted by Crippen LogP contribution is 2.25. The largest absolute Gasteiger partial charge is 0.477 e. The van der Waals surface area contributed by atoms with Gasteiger partial charge in [-0.05, 0) is 18.2 Å². The number of nitrogens with one attached hydrogen (secondary N) is 1. The molecular weight excluding hydrogens is 228 g/mol. The molecule has 0 spiro atoms. The van der Waals surface area contributed by atoms with Gasteiger partial charge in [0.05, 0.1) is 0 Å². The minimum Gasteiger partial charge on any atom is -0.477 e. The van der Waals surface area contributed by atoms with Crippen LogP contribution in [0, 0.1) is 0 Å². The lowest BCUT2D eigenvalue weighted by molar-refractivity contribution is 0.0691. The van der Waals surface area contributed by atoms with Gasteiger partial charge in [-0.15, -0.1) is 0 Å². The van der Waals surface area contributed by atoms with Crippen LogP contribution < -0.4 is 0 Å². The Kier molecular flexibility index (Phi) is 3.19. The number of likely N-dealkylation sites (N-methyl/N-ethyl adjacent to an activating group) is 1. The SMILES string of the molecule is C=C/C(=C1/C=CC=CN1C)c1c[nH]c(C(=O)O)c1. The molecule has 2 heterocycles. The van der Waals surface area contributed by atoms with Crippen LogP contribution in [0.25, 0.3) is 5.57 Å². The molecule has 2 rings (SSSR count). The highest BCUT2D eigenvalue weighted by molar-refractivity contribution is 5.88. The van der Waals surface area contributed by atoms with E-state index in [0.717, 1.165) is 16.8 Å². The lowest BCUT2D eigenvalue weighted by atomic mass is 10.0. The summed E-state index contributed by atoms with van der Waals surface area (Å²) in [5, 5.41) is 8.91. The average Bonchev–Trinajstić information content (AvgIpc) is 2.82. The summed E-state index contributed by atoms with van der Waals surface area (Å²) in [7, 11) is 1.93. The van der Waals surface area contributed by atoms with Crippen molar-refractivity contribution < 1.29 is 9.90 Å². The summed E-state index contributed by atoms with van der Waals surface area (Å²) in [6.07, 6.45) is 11.2. The van der Waals surface area contributed by atoms with Crippen molar-refractivity contribution in [2.24, 2.45) is 0 Å². The Morgan fingerprint density at radius 3 is 2.83 bits per heavy atom. The molecule has 4 heteroatoms. The molecule has 18 heavy (non-hydrogen) atoms. The third kappa shape index (κ3) is 2.13. The van der Waals surface area contributed by atoms with Gasteiger partial charge in [0.1, 0.15) is 5.69 Å². The molecule has 1 aromatic rings. The Bertz CT molecular complexity index is 576. The molecule has 0 aromatic carbocycles. The minimum atomic E-state index is -0.970. The fraction of sp³-hybridized carbons (Fsp3) is 0.0714. The van der Waals surface area contributed by atoms with E-state index >= 15 is 0 Å². The van der Waals surface area contributed by atoms with Gasteiger partial charge in [-0.3, -0.25) is 0 Å². The summed E-state index contributed by atoms with van der Waals surface area (Å²) in [5.41, 5.74) is 2.84. The van der Waals surface area contributed by atoms with Crippen LogP contribution in [0.1, 0.15) is 16.1 Å². The maximum absolute atomic E-state index is 10.9. The van der Waals surface area contributed by atoms with Crippen LogP contribution in [0.2, 0.25) is 0 Å². The van der Waals surface area contributed by atoms with Gasteiger partial charge < -0.3 is 15.0 Å². The van der Waals surface area contributed by atoms with Crippen LogP contribution in [0.15, 0.2) is 55.0 Å². The van der Waals surface area contributed by atoms with Crippen molar-refractivity contribution in [3.63, 3.8) is 0 Å². The van der Waals surface area contributed by atoms with Gasteiger partial charge in [0.25, 0.3) is 0 Å². The van der Waals surface area contributed by atoms with Crippen LogP contribution in [0.3, 0.4) is 0 Å². The number of nitrogens with zero attached hydrogens (tertiary/aromatic N) is 1. The number of allylic oxidation sites excluding steroid dienone is 5. The van der Waals surface area contributed by atoms with E-state index in [0.29, 0.717) is 0 Å². The number of hydrogen-bond acceptors (Lipinski definition) is 2. The molecule has 0 radical (unpaired) electrons. The standard InChI is InChI=1S/C14H14N2O2/c1-3-11(13-6-4-5-7-16(13)2)10-8-12(14(17)18)15-9-10/h3-9,15H,1H2,2H3,(H,17,18)/b13-11+. The molecule has 0 bridgehead atoms. The van der Waals surface area contributed by atoms with E-state index in [1.165, 1.54) is 0 Å². The van der Waals surface area contributed by atoms with Crippen molar-refractivity contribution in [2.75, 3.05) is 7.05 Å². The average molecular weight is 242 g/mol. The number of hydrogen-bond donors (Lipinski definition) is 2. The minimum absolute atomic E-state index is 0.169. The molecular formula is C14H14N2O2. The first kappa shape index (κ1) is 12.0. The molecule has 0 atom stereocenters. The van der Waals surface area contributed by atoms with E-state index in [4.69, 9.17) is 5.11 Å². The Hall–Kier alpha value is -2.49. The highest BCUT2D eigenvalue weighted by Gasteiger charge is 2.12. The molecule has 4 nitrogen and oxygen atoms in total. The molecule has 92 valence electrons. The van der Waals surface area contributed by atoms with Gasteiger partial charge in [-0.25, -0.2) is 4.79 Å². The fourth-order valence-electron chi connectivity index (χ4n) is 1.85. The highest BCUT2D eigenvalue weighted by atomic mass is 16.4. The number of carboxylic acids is 1. The van der Waals surface area contributed by atoms with Crippen LogP contribution in [-0.2, 0) is 0 Å². The second kappa shape index (κ2) is 4.79. The number of rotatable bonds is 3. The summed E-state index contributed by atoms with van der Waals surface area (Å²) in [6, 6.07) is 1.60. The summed E-state index contributed by atoms with van der Waals surface area (Å²) in [6.45, 7) is 3.80. The number of carboxylic acid groups (broad SMARTS) is 1. The fourth-order valence-corrected chi connectivity index (χ4v) is 1.85. The number of H-pyrrole nitrogens is 1. The van der Waals surface area contributed by atoms with Gasteiger partial charge in [0.2, 0.25) is 0 Å². The van der Waals surface area contributed by atoms with Crippen molar-refractivity contribution in [1.82, 2.24) is 9.88 Å². The van der Waals surface area contributed by atoms with E-state index < -0.39 is 5.97 Å². The van der Waals surface area contributed by atoms with Gasteiger partial charge in [-0.2, -0.15) is 0 Å². The Labute approximate surface area is 105 Å². The van der Waals surface area contributed by atoms with Crippen LogP contribution >= 0.6 is 0 Å². The van der Waals surface area contributed by atoms with Crippen LogP contribution in [0.4, 0.5) is 0 Å². The number of aromatic amines is 1. The molecule has 2 N–H and O–H groups in total. The summed E-state index contributed by atoms with van der Waals surface area (Å²) in [5.74, 6) is -0.970. The zero-order valence-corrected chi connectivity index (χ0v) is 10.1. The molecule has 1 aliphatic rings. The van der Waals surface area contributed by atoms with Crippen molar-refractivity contribution in [2.45, 2.75) is 0 Å². The second-order valence-corrected chi connectivity index (χ2v) is 3.92. The lowest BCUT2D eigenvalue weighted by Crippen LogP contribution is -2.12. The van der Waals surface area contributed by atoms with E-state index in [2.05, 4.69) is 11.6 Å². The van der Waals surface area contributed by atoms with E-state index in [1.54, 1.807) is 18.3 Å². The molecule has 0 amide bonds. The Morgan fingerprint density at radius 1 is 1.50 bits per heavy atom. The zero-order valence-electron chi connectivity index (χ0n) is 10.1. The predicted molar refractivity (Wildman–Crippen MR) is 70.9 cm³/mol. The molecule has 0 saturated carbocycles. The topological polar surface area (TPSA) is 56.3 Å². The second-order valence-electron chi connectivity index (χ2n) is 3.92. The van der Waals surface area contributed by atoms with Crippen molar-refractivity contribution >= 4 is 11.5 Å². The predicted octanol–water partition coefficient (Wildman–Crippen LogP) is 2.63.